The fraction of sp³-hybridized carbons (Fsp3) is 0.538. The van der Waals surface area contributed by atoms with Gasteiger partial charge in [-0.25, -0.2) is 8.78 Å². The third kappa shape index (κ3) is 3.19. The van der Waals surface area contributed by atoms with Crippen LogP contribution in [0.1, 0.15) is 18.4 Å². The normalized spacial score (nSPS) is 18.2. The summed E-state index contributed by atoms with van der Waals surface area (Å²) in [7, 11) is 0. The zero-order chi connectivity index (χ0) is 13.1. The van der Waals surface area contributed by atoms with Gasteiger partial charge in [-0.15, -0.1) is 0 Å². The van der Waals surface area contributed by atoms with Crippen molar-refractivity contribution in [3.63, 3.8) is 0 Å². The van der Waals surface area contributed by atoms with Gasteiger partial charge in [-0.2, -0.15) is 0 Å². The number of rotatable bonds is 3. The van der Waals surface area contributed by atoms with E-state index in [1.165, 1.54) is 12.1 Å². The minimum Gasteiger partial charge on any atom is -0.330 e. The third-order valence-corrected chi connectivity index (χ3v) is 4.39. The van der Waals surface area contributed by atoms with Crippen molar-refractivity contribution in [1.29, 1.82) is 0 Å². The van der Waals surface area contributed by atoms with Crippen molar-refractivity contribution in [2.24, 2.45) is 11.7 Å². The van der Waals surface area contributed by atoms with Crippen molar-refractivity contribution < 1.29 is 8.78 Å². The van der Waals surface area contributed by atoms with Gasteiger partial charge in [0.2, 0.25) is 0 Å². The molecule has 0 aromatic heterocycles. The molecule has 2 rings (SSSR count). The Balaban J connectivity index is 2.04. The highest BCUT2D eigenvalue weighted by atomic mass is 127. The van der Waals surface area contributed by atoms with Gasteiger partial charge in [0.1, 0.15) is 11.6 Å². The summed E-state index contributed by atoms with van der Waals surface area (Å²) < 4.78 is 28.0. The van der Waals surface area contributed by atoms with Crippen LogP contribution >= 0.6 is 22.6 Å². The maximum absolute atomic E-state index is 13.9. The Labute approximate surface area is 120 Å². The van der Waals surface area contributed by atoms with Gasteiger partial charge in [-0.1, -0.05) is 0 Å². The fourth-order valence-corrected chi connectivity index (χ4v) is 2.82. The lowest BCUT2D eigenvalue weighted by Gasteiger charge is -2.31. The number of nitrogens with two attached hydrogens (primary N) is 1. The van der Waals surface area contributed by atoms with Crippen molar-refractivity contribution in [3.8, 4) is 0 Å². The van der Waals surface area contributed by atoms with Crippen LogP contribution in [0.25, 0.3) is 0 Å². The molecule has 1 heterocycles. The molecule has 5 heteroatoms. The molecule has 1 fully saturated rings. The second-order valence-corrected chi connectivity index (χ2v) is 5.94. The highest BCUT2D eigenvalue weighted by Gasteiger charge is 2.21. The summed E-state index contributed by atoms with van der Waals surface area (Å²) in [6.45, 7) is 2.80. The summed E-state index contributed by atoms with van der Waals surface area (Å²) in [4.78, 5) is 2.10. The minimum atomic E-state index is -0.450. The van der Waals surface area contributed by atoms with Gasteiger partial charge in [0.15, 0.2) is 0 Å². The smallest absolute Gasteiger partial charge is 0.143 e. The Morgan fingerprint density at radius 3 is 2.56 bits per heavy atom. The lowest BCUT2D eigenvalue weighted by atomic mass is 9.97. The summed E-state index contributed by atoms with van der Waals surface area (Å²) in [6, 6.07) is 2.81. The molecular formula is C13H17F2IN2. The van der Waals surface area contributed by atoms with Crippen LogP contribution < -0.4 is 5.73 Å². The molecule has 100 valence electrons. The van der Waals surface area contributed by atoms with Crippen LogP contribution in [-0.4, -0.2) is 24.5 Å². The van der Waals surface area contributed by atoms with E-state index in [0.29, 0.717) is 22.6 Å². The molecule has 1 aromatic carbocycles. The Bertz CT molecular complexity index is 418. The summed E-state index contributed by atoms with van der Waals surface area (Å²) >= 11 is 1.89. The standard InChI is InChI=1S/C13H17F2IN2/c14-11-1-2-12(16)13(15)10(11)8-18-5-3-9(7-17)4-6-18/h1-2,9H,3-8,17H2. The molecule has 0 saturated carbocycles. The Morgan fingerprint density at radius 2 is 1.94 bits per heavy atom. The van der Waals surface area contributed by atoms with Gasteiger partial charge >= 0.3 is 0 Å². The van der Waals surface area contributed by atoms with E-state index in [1.807, 2.05) is 22.6 Å². The van der Waals surface area contributed by atoms with E-state index >= 15 is 0 Å². The molecule has 0 aliphatic carbocycles. The first kappa shape index (κ1) is 14.1. The van der Waals surface area contributed by atoms with Gasteiger partial charge in [0, 0.05) is 15.7 Å². The van der Waals surface area contributed by atoms with Crippen LogP contribution in [0.4, 0.5) is 8.78 Å². The van der Waals surface area contributed by atoms with Crippen LogP contribution in [0.3, 0.4) is 0 Å². The van der Waals surface area contributed by atoms with Gasteiger partial charge in [-0.3, -0.25) is 4.90 Å². The highest BCUT2D eigenvalue weighted by molar-refractivity contribution is 14.1. The summed E-state index contributed by atoms with van der Waals surface area (Å²) in [5.74, 6) is -0.308. The van der Waals surface area contributed by atoms with E-state index < -0.39 is 11.6 Å². The minimum absolute atomic E-state index is 0.188. The highest BCUT2D eigenvalue weighted by Crippen LogP contribution is 2.23. The number of hydrogen-bond acceptors (Lipinski definition) is 2. The molecule has 2 N–H and O–H groups in total. The number of halogens is 3. The Kier molecular flexibility index (Phi) is 4.91. The van der Waals surface area contributed by atoms with Gasteiger partial charge in [0.25, 0.3) is 0 Å². The third-order valence-electron chi connectivity index (χ3n) is 3.56. The zero-order valence-corrected chi connectivity index (χ0v) is 12.3. The van der Waals surface area contributed by atoms with E-state index in [0.717, 1.165) is 25.9 Å². The van der Waals surface area contributed by atoms with E-state index in [4.69, 9.17) is 5.73 Å². The molecule has 1 aliphatic heterocycles. The molecule has 1 saturated heterocycles. The van der Waals surface area contributed by atoms with Crippen molar-refractivity contribution in [1.82, 2.24) is 4.90 Å². The number of hydrogen-bond donors (Lipinski definition) is 1. The van der Waals surface area contributed by atoms with Crippen molar-refractivity contribution >= 4 is 22.6 Å². The number of piperidine rings is 1. The number of benzene rings is 1. The second kappa shape index (κ2) is 6.25. The predicted molar refractivity (Wildman–Crippen MR) is 76.1 cm³/mol. The van der Waals surface area contributed by atoms with Crippen LogP contribution in [-0.2, 0) is 6.54 Å². The molecule has 0 amide bonds. The van der Waals surface area contributed by atoms with Crippen LogP contribution in [0.15, 0.2) is 12.1 Å². The van der Waals surface area contributed by atoms with Crippen molar-refractivity contribution in [2.45, 2.75) is 19.4 Å². The second-order valence-electron chi connectivity index (χ2n) is 4.78. The monoisotopic (exact) mass is 366 g/mol. The number of likely N-dealkylation sites (tertiary alicyclic amines) is 1. The Hall–Kier alpha value is -0.270. The molecule has 1 aromatic rings. The van der Waals surface area contributed by atoms with E-state index in [1.54, 1.807) is 0 Å². The van der Waals surface area contributed by atoms with E-state index in [9.17, 15) is 8.78 Å². The van der Waals surface area contributed by atoms with Crippen LogP contribution in [0.5, 0.6) is 0 Å². The lowest BCUT2D eigenvalue weighted by molar-refractivity contribution is 0.176. The summed E-state index contributed by atoms with van der Waals surface area (Å²) in [6.07, 6.45) is 2.04. The van der Waals surface area contributed by atoms with Gasteiger partial charge in [0.05, 0.1) is 0 Å². The first-order valence-corrected chi connectivity index (χ1v) is 7.24. The van der Waals surface area contributed by atoms with Crippen molar-refractivity contribution in [3.05, 3.63) is 32.9 Å². The SMILES string of the molecule is NCC1CCN(Cc2c(F)ccc(I)c2F)CC1. The Morgan fingerprint density at radius 1 is 1.28 bits per heavy atom. The molecule has 0 radical (unpaired) electrons. The molecule has 1 aliphatic rings. The van der Waals surface area contributed by atoms with Crippen LogP contribution in [0.2, 0.25) is 0 Å². The lowest BCUT2D eigenvalue weighted by Crippen LogP contribution is -2.36. The average molecular weight is 366 g/mol. The molecule has 18 heavy (non-hydrogen) atoms. The maximum atomic E-state index is 13.9. The van der Waals surface area contributed by atoms with Gasteiger partial charge < -0.3 is 5.73 Å². The average Bonchev–Trinajstić information content (AvgIpc) is 2.40. The molecular weight excluding hydrogens is 349 g/mol. The summed E-state index contributed by atoms with van der Waals surface area (Å²) in [5.41, 5.74) is 5.82. The predicted octanol–water partition coefficient (Wildman–Crippen LogP) is 2.74. The molecule has 2 nitrogen and oxygen atoms in total. The molecule has 0 bridgehead atoms. The molecule has 0 atom stereocenters. The van der Waals surface area contributed by atoms with Crippen LogP contribution in [0, 0.1) is 21.1 Å². The first-order chi connectivity index (χ1) is 8.61. The topological polar surface area (TPSA) is 29.3 Å². The van der Waals surface area contributed by atoms with Gasteiger partial charge in [-0.05, 0) is 73.1 Å². The quantitative estimate of drug-likeness (QED) is 0.659. The molecule has 0 spiro atoms. The first-order valence-electron chi connectivity index (χ1n) is 6.16. The maximum Gasteiger partial charge on any atom is 0.143 e. The van der Waals surface area contributed by atoms with E-state index in [2.05, 4.69) is 4.90 Å². The zero-order valence-electron chi connectivity index (χ0n) is 10.1. The fourth-order valence-electron chi connectivity index (χ4n) is 2.32. The van der Waals surface area contributed by atoms with Crippen molar-refractivity contribution in [2.75, 3.05) is 19.6 Å². The largest absolute Gasteiger partial charge is 0.330 e. The molecule has 0 unspecified atom stereocenters. The summed E-state index contributed by atoms with van der Waals surface area (Å²) in [5, 5.41) is 0. The van der Waals surface area contributed by atoms with E-state index in [-0.39, 0.29) is 5.56 Å². The number of nitrogens with zero attached hydrogens (tertiary/aromatic N) is 1.